The van der Waals surface area contributed by atoms with Crippen molar-refractivity contribution in [2.45, 2.75) is 4.90 Å². The zero-order valence-electron chi connectivity index (χ0n) is 12.6. The number of fused-ring (bicyclic) bond motifs is 1. The molecule has 11 heteroatoms. The molecule has 0 atom stereocenters. The van der Waals surface area contributed by atoms with Gasteiger partial charge in [0.15, 0.2) is 4.90 Å². The van der Waals surface area contributed by atoms with Crippen LogP contribution in [-0.4, -0.2) is 13.3 Å². The minimum absolute atomic E-state index is 0.0420. The van der Waals surface area contributed by atoms with Crippen LogP contribution in [0.3, 0.4) is 0 Å². The van der Waals surface area contributed by atoms with Crippen LogP contribution in [0.15, 0.2) is 61.0 Å². The van der Waals surface area contributed by atoms with Crippen molar-refractivity contribution in [2.75, 3.05) is 4.72 Å². The second kappa shape index (κ2) is 6.71. The van der Waals surface area contributed by atoms with E-state index in [4.69, 9.17) is 16.0 Å². The summed E-state index contributed by atoms with van der Waals surface area (Å²) in [5.74, 6) is 0. The summed E-state index contributed by atoms with van der Waals surface area (Å²) in [6.45, 7) is 0. The molecule has 0 saturated carbocycles. The maximum absolute atomic E-state index is 12.6. The quantitative estimate of drug-likeness (QED) is 0.359. The monoisotopic (exact) mass is 458 g/mol. The van der Waals surface area contributed by atoms with Crippen LogP contribution in [0.2, 0.25) is 5.02 Å². The topological polar surface area (TPSA) is 120 Å². The van der Waals surface area contributed by atoms with Crippen molar-refractivity contribution < 1.29 is 17.8 Å². The number of sulfonamides is 1. The van der Waals surface area contributed by atoms with Gasteiger partial charge in [0.25, 0.3) is 15.7 Å². The molecule has 0 saturated heterocycles. The first-order valence-electron chi connectivity index (χ1n) is 6.87. The minimum atomic E-state index is -4.25. The fourth-order valence-electron chi connectivity index (χ4n) is 2.26. The molecule has 3 rings (SSSR count). The summed E-state index contributed by atoms with van der Waals surface area (Å²) < 4.78 is 32.8. The molecule has 134 valence electrons. The lowest BCUT2D eigenvalue weighted by atomic mass is 10.2. The molecule has 8 nitrogen and oxygen atoms in total. The van der Waals surface area contributed by atoms with E-state index in [1.807, 2.05) is 0 Å². The number of benzene rings is 2. The Bertz CT molecular complexity index is 1210. The summed E-state index contributed by atoms with van der Waals surface area (Å²) in [6, 6.07) is 8.67. The minimum Gasteiger partial charge on any atom is -0.423 e. The molecule has 3 aromatic rings. The predicted molar refractivity (Wildman–Crippen MR) is 99.1 cm³/mol. The third kappa shape index (κ3) is 3.57. The molecule has 0 aliphatic heterocycles. The highest BCUT2D eigenvalue weighted by molar-refractivity contribution is 9.10. The van der Waals surface area contributed by atoms with E-state index < -0.39 is 31.2 Å². The maximum Gasteiger partial charge on any atom is 0.337 e. The number of nitrogens with zero attached hydrogens (tertiary/aromatic N) is 1. The third-order valence-electron chi connectivity index (χ3n) is 3.35. The van der Waals surface area contributed by atoms with Crippen LogP contribution in [0.5, 0.6) is 0 Å². The van der Waals surface area contributed by atoms with Gasteiger partial charge in [0.2, 0.25) is 0 Å². The van der Waals surface area contributed by atoms with Crippen LogP contribution >= 0.6 is 27.5 Å². The Morgan fingerprint density at radius 1 is 1.15 bits per heavy atom. The highest BCUT2D eigenvalue weighted by Crippen LogP contribution is 2.30. The Hall–Kier alpha value is -2.43. The molecule has 0 aliphatic carbocycles. The van der Waals surface area contributed by atoms with Gasteiger partial charge in [-0.3, -0.25) is 14.8 Å². The van der Waals surface area contributed by atoms with Crippen LogP contribution in [0.4, 0.5) is 11.4 Å². The molecule has 26 heavy (non-hydrogen) atoms. The van der Waals surface area contributed by atoms with E-state index in [9.17, 15) is 23.3 Å². The van der Waals surface area contributed by atoms with Crippen LogP contribution < -0.4 is 10.3 Å². The number of nitro benzene ring substituents is 1. The SMILES string of the molecule is O=c1cc(Br)c2cc(NS(=O)(=O)c3ccc(Cl)cc3[N+](=O)[O-])ccc2o1. The van der Waals surface area contributed by atoms with E-state index in [0.717, 1.165) is 12.1 Å². The summed E-state index contributed by atoms with van der Waals surface area (Å²) >= 11 is 8.91. The van der Waals surface area contributed by atoms with Crippen LogP contribution in [-0.2, 0) is 10.0 Å². The first-order valence-corrected chi connectivity index (χ1v) is 9.53. The van der Waals surface area contributed by atoms with Crippen molar-refractivity contribution in [3.8, 4) is 0 Å². The van der Waals surface area contributed by atoms with E-state index in [1.165, 1.54) is 30.3 Å². The zero-order chi connectivity index (χ0) is 19.1. The number of anilines is 1. The van der Waals surface area contributed by atoms with Gasteiger partial charge in [-0.1, -0.05) is 11.6 Å². The van der Waals surface area contributed by atoms with Gasteiger partial charge in [0.1, 0.15) is 5.58 Å². The lowest BCUT2D eigenvalue weighted by Crippen LogP contribution is -2.14. The van der Waals surface area contributed by atoms with E-state index >= 15 is 0 Å². The fraction of sp³-hybridized carbons (Fsp3) is 0. The largest absolute Gasteiger partial charge is 0.423 e. The number of hydrogen-bond donors (Lipinski definition) is 1. The molecule has 0 unspecified atom stereocenters. The van der Waals surface area contributed by atoms with E-state index in [0.29, 0.717) is 9.86 Å². The Labute approximate surface area is 159 Å². The zero-order valence-corrected chi connectivity index (χ0v) is 15.8. The van der Waals surface area contributed by atoms with Crippen molar-refractivity contribution >= 4 is 59.9 Å². The number of nitro groups is 1. The van der Waals surface area contributed by atoms with Gasteiger partial charge in [0.05, 0.1) is 4.92 Å². The lowest BCUT2D eigenvalue weighted by molar-refractivity contribution is -0.387. The van der Waals surface area contributed by atoms with Crippen molar-refractivity contribution in [3.63, 3.8) is 0 Å². The molecule has 1 aromatic heterocycles. The number of halogens is 2. The standard InChI is InChI=1S/C15H8BrClN2O6S/c16-11-7-15(20)25-13-3-2-9(6-10(11)13)18-26(23,24)14-4-1-8(17)5-12(14)19(21)22/h1-7,18H. The van der Waals surface area contributed by atoms with Gasteiger partial charge in [0, 0.05) is 32.7 Å². The number of hydrogen-bond acceptors (Lipinski definition) is 6. The van der Waals surface area contributed by atoms with Gasteiger partial charge in [-0.15, -0.1) is 0 Å². The molecule has 0 radical (unpaired) electrons. The molecule has 0 amide bonds. The highest BCUT2D eigenvalue weighted by Gasteiger charge is 2.26. The fourth-order valence-corrected chi connectivity index (χ4v) is 4.13. The Kier molecular flexibility index (Phi) is 4.74. The predicted octanol–water partition coefficient (Wildman–Crippen LogP) is 3.92. The van der Waals surface area contributed by atoms with E-state index in [2.05, 4.69) is 20.7 Å². The average molecular weight is 460 g/mol. The average Bonchev–Trinajstić information content (AvgIpc) is 2.54. The summed E-state index contributed by atoms with van der Waals surface area (Å²) in [5, 5.41) is 11.6. The summed E-state index contributed by atoms with van der Waals surface area (Å²) in [4.78, 5) is 21.1. The summed E-state index contributed by atoms with van der Waals surface area (Å²) in [5.41, 5.74) is -0.812. The number of rotatable bonds is 4. The van der Waals surface area contributed by atoms with Gasteiger partial charge in [-0.05, 0) is 46.3 Å². The van der Waals surface area contributed by atoms with Crippen molar-refractivity contribution in [1.82, 2.24) is 0 Å². The van der Waals surface area contributed by atoms with Crippen molar-refractivity contribution in [1.29, 1.82) is 0 Å². The second-order valence-corrected chi connectivity index (χ2v) is 8.04. The summed E-state index contributed by atoms with van der Waals surface area (Å²) in [7, 11) is -4.25. The van der Waals surface area contributed by atoms with Crippen LogP contribution in [0, 0.1) is 10.1 Å². The highest BCUT2D eigenvalue weighted by atomic mass is 79.9. The summed E-state index contributed by atoms with van der Waals surface area (Å²) in [6.07, 6.45) is 0. The Balaban J connectivity index is 2.07. The first kappa shape index (κ1) is 18.4. The molecule has 2 aromatic carbocycles. The molecule has 1 heterocycles. The maximum atomic E-state index is 12.6. The molecule has 0 aliphatic rings. The first-order chi connectivity index (χ1) is 12.2. The van der Waals surface area contributed by atoms with Crippen LogP contribution in [0.25, 0.3) is 11.0 Å². The molecular formula is C15H8BrClN2O6S. The normalized spacial score (nSPS) is 11.5. The van der Waals surface area contributed by atoms with E-state index in [-0.39, 0.29) is 16.3 Å². The van der Waals surface area contributed by atoms with Crippen LogP contribution in [0.1, 0.15) is 0 Å². The molecular weight excluding hydrogens is 452 g/mol. The van der Waals surface area contributed by atoms with Gasteiger partial charge < -0.3 is 4.42 Å². The molecule has 0 bridgehead atoms. The molecule has 0 fully saturated rings. The Morgan fingerprint density at radius 3 is 2.58 bits per heavy atom. The number of nitrogens with one attached hydrogen (secondary N) is 1. The molecule has 0 spiro atoms. The molecule has 1 N–H and O–H groups in total. The third-order valence-corrected chi connectivity index (χ3v) is 5.67. The van der Waals surface area contributed by atoms with E-state index in [1.54, 1.807) is 0 Å². The Morgan fingerprint density at radius 2 is 1.88 bits per heavy atom. The van der Waals surface area contributed by atoms with Gasteiger partial charge >= 0.3 is 5.63 Å². The smallest absolute Gasteiger partial charge is 0.337 e. The van der Waals surface area contributed by atoms with Gasteiger partial charge in [-0.2, -0.15) is 0 Å². The van der Waals surface area contributed by atoms with Crippen molar-refractivity contribution in [3.05, 3.63) is 72.5 Å². The lowest BCUT2D eigenvalue weighted by Gasteiger charge is -2.10. The van der Waals surface area contributed by atoms with Crippen molar-refractivity contribution in [2.24, 2.45) is 0 Å². The second-order valence-electron chi connectivity index (χ2n) is 5.10. The van der Waals surface area contributed by atoms with Gasteiger partial charge in [-0.25, -0.2) is 13.2 Å².